The van der Waals surface area contributed by atoms with Crippen LogP contribution in [-0.2, 0) is 17.8 Å². The Balaban J connectivity index is 1.23. The van der Waals surface area contributed by atoms with Crippen LogP contribution in [0.25, 0.3) is 0 Å². The molecular formula is C24H27N5O2. The first kappa shape index (κ1) is 20.8. The highest BCUT2D eigenvalue weighted by Gasteiger charge is 2.26. The minimum absolute atomic E-state index is 0.129. The van der Waals surface area contributed by atoms with Gasteiger partial charge in [-0.05, 0) is 24.0 Å². The van der Waals surface area contributed by atoms with Gasteiger partial charge in [0.15, 0.2) is 5.69 Å². The number of rotatable bonds is 7. The average Bonchev–Trinajstić information content (AvgIpc) is 3.28. The van der Waals surface area contributed by atoms with E-state index in [1.165, 1.54) is 5.56 Å². The van der Waals surface area contributed by atoms with Gasteiger partial charge in [0.25, 0.3) is 5.91 Å². The highest BCUT2D eigenvalue weighted by Crippen LogP contribution is 2.11. The smallest absolute Gasteiger partial charge is 0.276 e. The predicted molar refractivity (Wildman–Crippen MR) is 117 cm³/mol. The summed E-state index contributed by atoms with van der Waals surface area (Å²) in [7, 11) is 0. The number of piperazine rings is 1. The largest absolute Gasteiger partial charge is 0.339 e. The third kappa shape index (κ3) is 5.57. The molecule has 0 unspecified atom stereocenters. The van der Waals surface area contributed by atoms with Crippen LogP contribution in [0.3, 0.4) is 0 Å². The maximum atomic E-state index is 12.8. The van der Waals surface area contributed by atoms with Crippen molar-refractivity contribution in [3.8, 4) is 0 Å². The SMILES string of the molecule is O=C(CCCc1ccccc1)N1CCN(C(=O)c2cn(Cc3ccccc3)nn2)CC1. The first-order valence-electron chi connectivity index (χ1n) is 10.7. The molecule has 7 heteroatoms. The van der Waals surface area contributed by atoms with Crippen LogP contribution in [0.15, 0.2) is 66.9 Å². The molecule has 1 aromatic heterocycles. The van der Waals surface area contributed by atoms with Crippen LogP contribution in [-0.4, -0.2) is 62.8 Å². The van der Waals surface area contributed by atoms with Crippen molar-refractivity contribution in [1.29, 1.82) is 0 Å². The molecule has 1 aliphatic heterocycles. The van der Waals surface area contributed by atoms with Gasteiger partial charge in [0.2, 0.25) is 5.91 Å². The first-order chi connectivity index (χ1) is 15.2. The van der Waals surface area contributed by atoms with E-state index in [0.29, 0.717) is 44.8 Å². The highest BCUT2D eigenvalue weighted by molar-refractivity contribution is 5.92. The van der Waals surface area contributed by atoms with Gasteiger partial charge in [-0.25, -0.2) is 4.68 Å². The molecule has 0 atom stereocenters. The molecule has 0 N–H and O–H groups in total. The summed E-state index contributed by atoms with van der Waals surface area (Å²) < 4.78 is 1.68. The van der Waals surface area contributed by atoms with Gasteiger partial charge in [0.1, 0.15) is 0 Å². The minimum Gasteiger partial charge on any atom is -0.339 e. The van der Waals surface area contributed by atoms with Crippen molar-refractivity contribution in [3.05, 3.63) is 83.7 Å². The van der Waals surface area contributed by atoms with Gasteiger partial charge < -0.3 is 9.80 Å². The summed E-state index contributed by atoms with van der Waals surface area (Å²) in [6.07, 6.45) is 3.98. The minimum atomic E-state index is -0.129. The highest BCUT2D eigenvalue weighted by atomic mass is 16.2. The van der Waals surface area contributed by atoms with Crippen LogP contribution >= 0.6 is 0 Å². The van der Waals surface area contributed by atoms with Crippen molar-refractivity contribution in [2.75, 3.05) is 26.2 Å². The molecule has 0 spiro atoms. The molecule has 2 heterocycles. The Kier molecular flexibility index (Phi) is 6.72. The van der Waals surface area contributed by atoms with Crippen molar-refractivity contribution >= 4 is 11.8 Å². The normalized spacial score (nSPS) is 13.9. The number of carbonyl (C=O) groups is 2. The van der Waals surface area contributed by atoms with Crippen LogP contribution in [0, 0.1) is 0 Å². The van der Waals surface area contributed by atoms with E-state index in [9.17, 15) is 9.59 Å². The fourth-order valence-electron chi connectivity index (χ4n) is 3.81. The Morgan fingerprint density at radius 2 is 1.42 bits per heavy atom. The van der Waals surface area contributed by atoms with E-state index in [-0.39, 0.29) is 11.8 Å². The van der Waals surface area contributed by atoms with Crippen molar-refractivity contribution in [1.82, 2.24) is 24.8 Å². The van der Waals surface area contributed by atoms with Crippen molar-refractivity contribution in [2.45, 2.75) is 25.8 Å². The van der Waals surface area contributed by atoms with E-state index in [1.54, 1.807) is 15.8 Å². The number of hydrogen-bond acceptors (Lipinski definition) is 4. The summed E-state index contributed by atoms with van der Waals surface area (Å²) in [5.41, 5.74) is 2.70. The molecular weight excluding hydrogens is 390 g/mol. The molecule has 2 amide bonds. The van der Waals surface area contributed by atoms with Crippen LogP contribution in [0.4, 0.5) is 0 Å². The van der Waals surface area contributed by atoms with E-state index in [0.717, 1.165) is 18.4 Å². The van der Waals surface area contributed by atoms with Crippen molar-refractivity contribution in [3.63, 3.8) is 0 Å². The third-order valence-electron chi connectivity index (χ3n) is 5.56. The van der Waals surface area contributed by atoms with Gasteiger partial charge in [-0.1, -0.05) is 65.9 Å². The van der Waals surface area contributed by atoms with E-state index in [2.05, 4.69) is 22.4 Å². The van der Waals surface area contributed by atoms with Crippen molar-refractivity contribution < 1.29 is 9.59 Å². The van der Waals surface area contributed by atoms with Gasteiger partial charge >= 0.3 is 0 Å². The van der Waals surface area contributed by atoms with Crippen LogP contribution < -0.4 is 0 Å². The molecule has 7 nitrogen and oxygen atoms in total. The van der Waals surface area contributed by atoms with Gasteiger partial charge in [-0.3, -0.25) is 9.59 Å². The summed E-state index contributed by atoms with van der Waals surface area (Å²) >= 11 is 0. The maximum absolute atomic E-state index is 12.8. The molecule has 0 radical (unpaired) electrons. The molecule has 0 bridgehead atoms. The molecule has 3 aromatic rings. The third-order valence-corrected chi connectivity index (χ3v) is 5.56. The van der Waals surface area contributed by atoms with Crippen LogP contribution in [0.5, 0.6) is 0 Å². The Morgan fingerprint density at radius 3 is 2.10 bits per heavy atom. The topological polar surface area (TPSA) is 71.3 Å². The van der Waals surface area contributed by atoms with Gasteiger partial charge in [0.05, 0.1) is 12.7 Å². The molecule has 1 aliphatic rings. The Labute approximate surface area is 182 Å². The molecule has 31 heavy (non-hydrogen) atoms. The number of benzene rings is 2. The van der Waals surface area contributed by atoms with Crippen LogP contribution in [0.2, 0.25) is 0 Å². The zero-order valence-corrected chi connectivity index (χ0v) is 17.6. The van der Waals surface area contributed by atoms with E-state index >= 15 is 0 Å². The molecule has 0 saturated carbocycles. The summed E-state index contributed by atoms with van der Waals surface area (Å²) in [5.74, 6) is 0.0346. The zero-order valence-electron chi connectivity index (χ0n) is 17.6. The summed E-state index contributed by atoms with van der Waals surface area (Å²) in [6, 6.07) is 20.2. The zero-order chi connectivity index (χ0) is 21.5. The number of nitrogens with zero attached hydrogens (tertiary/aromatic N) is 5. The number of aryl methyl sites for hydroxylation is 1. The second kappa shape index (κ2) is 10.0. The number of carbonyl (C=O) groups excluding carboxylic acids is 2. The second-order valence-corrected chi connectivity index (χ2v) is 7.80. The van der Waals surface area contributed by atoms with Gasteiger partial charge in [-0.2, -0.15) is 0 Å². The van der Waals surface area contributed by atoms with E-state index in [4.69, 9.17) is 0 Å². The lowest BCUT2D eigenvalue weighted by Gasteiger charge is -2.34. The number of hydrogen-bond donors (Lipinski definition) is 0. The first-order valence-corrected chi connectivity index (χ1v) is 10.7. The molecule has 1 fully saturated rings. The molecule has 1 saturated heterocycles. The lowest BCUT2D eigenvalue weighted by atomic mass is 10.1. The average molecular weight is 418 g/mol. The standard InChI is InChI=1S/C24H27N5O2/c30-23(13-7-12-20-8-3-1-4-9-20)27-14-16-28(17-15-27)24(31)22-19-29(26-25-22)18-21-10-5-2-6-11-21/h1-6,8-11,19H,7,12-18H2. The fraction of sp³-hybridized carbons (Fsp3) is 0.333. The summed E-state index contributed by atoms with van der Waals surface area (Å²) in [4.78, 5) is 28.9. The van der Waals surface area contributed by atoms with Crippen molar-refractivity contribution in [2.24, 2.45) is 0 Å². The van der Waals surface area contributed by atoms with E-state index < -0.39 is 0 Å². The Bertz CT molecular complexity index is 995. The Hall–Kier alpha value is -3.48. The molecule has 160 valence electrons. The molecule has 2 aromatic carbocycles. The summed E-state index contributed by atoms with van der Waals surface area (Å²) in [5, 5.41) is 8.14. The Morgan fingerprint density at radius 1 is 0.806 bits per heavy atom. The number of aromatic nitrogens is 3. The second-order valence-electron chi connectivity index (χ2n) is 7.80. The quantitative estimate of drug-likeness (QED) is 0.593. The number of amides is 2. The van der Waals surface area contributed by atoms with Crippen LogP contribution in [0.1, 0.15) is 34.5 Å². The monoisotopic (exact) mass is 417 g/mol. The molecule has 4 rings (SSSR count). The predicted octanol–water partition coefficient (Wildman–Crippen LogP) is 2.63. The lowest BCUT2D eigenvalue weighted by Crippen LogP contribution is -2.50. The lowest BCUT2D eigenvalue weighted by molar-refractivity contribution is -0.132. The fourth-order valence-corrected chi connectivity index (χ4v) is 3.81. The van der Waals surface area contributed by atoms with E-state index in [1.807, 2.05) is 53.4 Å². The van der Waals surface area contributed by atoms with Gasteiger partial charge in [0, 0.05) is 32.6 Å². The maximum Gasteiger partial charge on any atom is 0.276 e. The molecule has 0 aliphatic carbocycles. The van der Waals surface area contributed by atoms with Gasteiger partial charge in [-0.15, -0.1) is 5.10 Å². The summed E-state index contributed by atoms with van der Waals surface area (Å²) in [6.45, 7) is 2.75.